The van der Waals surface area contributed by atoms with Crippen molar-refractivity contribution in [2.24, 2.45) is 5.92 Å². The first kappa shape index (κ1) is 15.3. The molecule has 0 heterocycles. The van der Waals surface area contributed by atoms with E-state index in [1.165, 1.54) is 31.7 Å². The Labute approximate surface area is 120 Å². The molecule has 1 saturated carbocycles. The van der Waals surface area contributed by atoms with Crippen LogP contribution in [0.15, 0.2) is 24.3 Å². The van der Waals surface area contributed by atoms with E-state index in [0.29, 0.717) is 18.5 Å². The summed E-state index contributed by atoms with van der Waals surface area (Å²) in [5.41, 5.74) is 0. The van der Waals surface area contributed by atoms with Crippen molar-refractivity contribution in [2.75, 3.05) is 13.2 Å². The van der Waals surface area contributed by atoms with E-state index in [9.17, 15) is 9.50 Å². The van der Waals surface area contributed by atoms with E-state index in [4.69, 9.17) is 4.74 Å². The molecule has 1 aliphatic rings. The third-order valence-corrected chi connectivity index (χ3v) is 4.00. The van der Waals surface area contributed by atoms with E-state index < -0.39 is 11.9 Å². The molecule has 0 saturated heterocycles. The van der Waals surface area contributed by atoms with Gasteiger partial charge in [-0.15, -0.1) is 0 Å². The van der Waals surface area contributed by atoms with Gasteiger partial charge < -0.3 is 15.2 Å². The summed E-state index contributed by atoms with van der Waals surface area (Å²) in [7, 11) is 0. The van der Waals surface area contributed by atoms with Crippen LogP contribution in [0.2, 0.25) is 0 Å². The van der Waals surface area contributed by atoms with Gasteiger partial charge in [-0.2, -0.15) is 0 Å². The Morgan fingerprint density at radius 2 is 2.10 bits per heavy atom. The first-order valence-corrected chi connectivity index (χ1v) is 7.45. The zero-order valence-electron chi connectivity index (χ0n) is 12.0. The lowest BCUT2D eigenvalue weighted by Gasteiger charge is -2.30. The fraction of sp³-hybridized carbons (Fsp3) is 0.625. The molecule has 0 aliphatic heterocycles. The number of hydrogen-bond acceptors (Lipinski definition) is 3. The molecule has 1 aliphatic carbocycles. The van der Waals surface area contributed by atoms with Crippen molar-refractivity contribution < 1.29 is 14.2 Å². The molecule has 2 N–H and O–H groups in total. The first-order valence-electron chi connectivity index (χ1n) is 7.45. The number of ether oxygens (including phenoxy) is 1. The Balaban J connectivity index is 1.70. The fourth-order valence-electron chi connectivity index (χ4n) is 2.71. The van der Waals surface area contributed by atoms with Gasteiger partial charge in [0.05, 0.1) is 0 Å². The average molecular weight is 281 g/mol. The second-order valence-corrected chi connectivity index (χ2v) is 5.67. The van der Waals surface area contributed by atoms with Crippen molar-refractivity contribution in [2.45, 2.75) is 44.8 Å². The summed E-state index contributed by atoms with van der Waals surface area (Å²) in [6, 6.07) is 6.73. The van der Waals surface area contributed by atoms with Crippen LogP contribution in [0.5, 0.6) is 5.75 Å². The molecular formula is C16H24FNO2. The largest absolute Gasteiger partial charge is 0.488 e. The fourth-order valence-corrected chi connectivity index (χ4v) is 2.71. The molecule has 1 aromatic rings. The molecule has 112 valence electrons. The van der Waals surface area contributed by atoms with Crippen LogP contribution in [0, 0.1) is 11.7 Å². The first-order chi connectivity index (χ1) is 9.66. The maximum absolute atomic E-state index is 13.3. The lowest BCUT2D eigenvalue weighted by atomic mass is 9.86. The summed E-state index contributed by atoms with van der Waals surface area (Å²) in [6.07, 6.45) is 4.35. The summed E-state index contributed by atoms with van der Waals surface area (Å²) < 4.78 is 18.6. The number of hydrogen-bond donors (Lipinski definition) is 2. The number of benzene rings is 1. The topological polar surface area (TPSA) is 41.5 Å². The number of rotatable bonds is 6. The second kappa shape index (κ2) is 7.60. The number of halogens is 1. The van der Waals surface area contributed by atoms with Crippen LogP contribution < -0.4 is 10.1 Å². The molecule has 0 bridgehead atoms. The minimum absolute atomic E-state index is 0.106. The lowest BCUT2D eigenvalue weighted by Crippen LogP contribution is -2.42. The number of nitrogens with one attached hydrogen (secondary N) is 1. The molecule has 20 heavy (non-hydrogen) atoms. The minimum Gasteiger partial charge on any atom is -0.488 e. The quantitative estimate of drug-likeness (QED) is 0.842. The third kappa shape index (κ3) is 4.46. The number of para-hydroxylation sites is 1. The standard InChI is InChI=1S/C16H24FNO2/c1-12-6-2-4-8-15(12)18-10-13(19)11-20-16-9-5-3-7-14(16)17/h3,5,7,9,12-13,15,18-19H,2,4,6,8,10-11H2,1H3. The molecule has 2 rings (SSSR count). The summed E-state index contributed by atoms with van der Waals surface area (Å²) >= 11 is 0. The molecule has 1 fully saturated rings. The summed E-state index contributed by atoms with van der Waals surface area (Å²) in [5, 5.41) is 13.3. The number of aliphatic hydroxyl groups is 1. The molecule has 3 unspecified atom stereocenters. The Hall–Kier alpha value is -1.13. The SMILES string of the molecule is CC1CCCCC1NCC(O)COc1ccccc1F. The maximum atomic E-state index is 13.3. The van der Waals surface area contributed by atoms with E-state index in [0.717, 1.165) is 0 Å². The molecule has 3 nitrogen and oxygen atoms in total. The molecular weight excluding hydrogens is 257 g/mol. The predicted octanol–water partition coefficient (Wildman–Crippen LogP) is 2.73. The summed E-state index contributed by atoms with van der Waals surface area (Å²) in [4.78, 5) is 0. The van der Waals surface area contributed by atoms with Crippen molar-refractivity contribution >= 4 is 0 Å². The van der Waals surface area contributed by atoms with Gasteiger partial charge in [-0.1, -0.05) is 31.9 Å². The van der Waals surface area contributed by atoms with E-state index in [-0.39, 0.29) is 12.4 Å². The number of aliphatic hydroxyl groups excluding tert-OH is 1. The van der Waals surface area contributed by atoms with Crippen LogP contribution >= 0.6 is 0 Å². The third-order valence-electron chi connectivity index (χ3n) is 4.00. The molecule has 3 atom stereocenters. The molecule has 1 aromatic carbocycles. The molecule has 4 heteroatoms. The van der Waals surface area contributed by atoms with Crippen molar-refractivity contribution in [1.29, 1.82) is 0 Å². The Kier molecular flexibility index (Phi) is 5.80. The van der Waals surface area contributed by atoms with Crippen molar-refractivity contribution in [3.63, 3.8) is 0 Å². The van der Waals surface area contributed by atoms with Crippen molar-refractivity contribution in [3.8, 4) is 5.75 Å². The van der Waals surface area contributed by atoms with Crippen LogP contribution in [0.4, 0.5) is 4.39 Å². The Morgan fingerprint density at radius 3 is 2.85 bits per heavy atom. The van der Waals surface area contributed by atoms with Crippen LogP contribution in [0.3, 0.4) is 0 Å². The van der Waals surface area contributed by atoms with E-state index >= 15 is 0 Å². The van der Waals surface area contributed by atoms with Gasteiger partial charge in [-0.3, -0.25) is 0 Å². The highest BCUT2D eigenvalue weighted by Gasteiger charge is 2.21. The molecule has 0 spiro atoms. The summed E-state index contributed by atoms with van der Waals surface area (Å²) in [6.45, 7) is 2.84. The Bertz CT molecular complexity index is 413. The van der Waals surface area contributed by atoms with Crippen LogP contribution in [-0.2, 0) is 0 Å². The van der Waals surface area contributed by atoms with E-state index in [1.807, 2.05) is 0 Å². The second-order valence-electron chi connectivity index (χ2n) is 5.67. The smallest absolute Gasteiger partial charge is 0.165 e. The van der Waals surface area contributed by atoms with Gasteiger partial charge in [-0.05, 0) is 30.9 Å². The highest BCUT2D eigenvalue weighted by Crippen LogP contribution is 2.23. The molecule has 0 radical (unpaired) electrons. The minimum atomic E-state index is -0.622. The predicted molar refractivity (Wildman–Crippen MR) is 77.3 cm³/mol. The van der Waals surface area contributed by atoms with Crippen LogP contribution in [-0.4, -0.2) is 30.4 Å². The van der Waals surface area contributed by atoms with Gasteiger partial charge >= 0.3 is 0 Å². The Morgan fingerprint density at radius 1 is 1.35 bits per heavy atom. The maximum Gasteiger partial charge on any atom is 0.165 e. The van der Waals surface area contributed by atoms with Gasteiger partial charge in [-0.25, -0.2) is 4.39 Å². The monoisotopic (exact) mass is 281 g/mol. The van der Waals surface area contributed by atoms with E-state index in [2.05, 4.69) is 12.2 Å². The molecule has 0 amide bonds. The van der Waals surface area contributed by atoms with Gasteiger partial charge in [0.2, 0.25) is 0 Å². The summed E-state index contributed by atoms with van der Waals surface area (Å²) in [5.74, 6) is 0.453. The van der Waals surface area contributed by atoms with E-state index in [1.54, 1.807) is 18.2 Å². The zero-order valence-corrected chi connectivity index (χ0v) is 12.0. The van der Waals surface area contributed by atoms with Crippen molar-refractivity contribution in [3.05, 3.63) is 30.1 Å². The highest BCUT2D eigenvalue weighted by molar-refractivity contribution is 5.23. The van der Waals surface area contributed by atoms with Gasteiger partial charge in [0.25, 0.3) is 0 Å². The highest BCUT2D eigenvalue weighted by atomic mass is 19.1. The van der Waals surface area contributed by atoms with Gasteiger partial charge in [0.15, 0.2) is 11.6 Å². The van der Waals surface area contributed by atoms with Crippen LogP contribution in [0.1, 0.15) is 32.6 Å². The van der Waals surface area contributed by atoms with Crippen molar-refractivity contribution in [1.82, 2.24) is 5.32 Å². The average Bonchev–Trinajstić information content (AvgIpc) is 2.45. The van der Waals surface area contributed by atoms with Gasteiger partial charge in [0, 0.05) is 12.6 Å². The van der Waals surface area contributed by atoms with Gasteiger partial charge in [0.1, 0.15) is 12.7 Å². The zero-order chi connectivity index (χ0) is 14.4. The van der Waals surface area contributed by atoms with Crippen LogP contribution in [0.25, 0.3) is 0 Å². The normalized spacial score (nSPS) is 24.4. The lowest BCUT2D eigenvalue weighted by molar-refractivity contribution is 0.0965. The molecule has 0 aromatic heterocycles.